The van der Waals surface area contributed by atoms with Gasteiger partial charge in [-0.2, -0.15) is 0 Å². The van der Waals surface area contributed by atoms with E-state index in [-0.39, 0.29) is 0 Å². The van der Waals surface area contributed by atoms with Gasteiger partial charge in [-0.3, -0.25) is 0 Å². The van der Waals surface area contributed by atoms with Gasteiger partial charge in [0.05, 0.1) is 6.54 Å². The maximum atomic E-state index is 4.13. The van der Waals surface area contributed by atoms with Gasteiger partial charge in [-0.25, -0.2) is 4.68 Å². The highest BCUT2D eigenvalue weighted by Crippen LogP contribution is 2.30. The lowest BCUT2D eigenvalue weighted by molar-refractivity contribution is 0.624. The molecule has 4 rings (SSSR count). The zero-order chi connectivity index (χ0) is 12.7. The molecule has 1 aliphatic heterocycles. The van der Waals surface area contributed by atoms with E-state index in [2.05, 4.69) is 64.1 Å². The Morgan fingerprint density at radius 1 is 0.842 bits per heavy atom. The molecule has 2 heterocycles. The first-order valence-electron chi connectivity index (χ1n) is 6.33. The summed E-state index contributed by atoms with van der Waals surface area (Å²) >= 11 is 0. The standard InChI is InChI=1S/C15H12N4/c1-3-7-13-11(5-1)9-15-16-17-18-19(15)10-12-6-2-4-8-14(12)13/h1-8H,9-10H2. The van der Waals surface area contributed by atoms with Crippen LogP contribution in [-0.2, 0) is 13.0 Å². The Hall–Kier alpha value is -2.49. The lowest BCUT2D eigenvalue weighted by Crippen LogP contribution is -2.11. The van der Waals surface area contributed by atoms with E-state index in [1.807, 2.05) is 4.68 Å². The van der Waals surface area contributed by atoms with Crippen LogP contribution in [0.25, 0.3) is 11.1 Å². The van der Waals surface area contributed by atoms with E-state index in [0.717, 1.165) is 18.8 Å². The largest absolute Gasteiger partial charge is 0.225 e. The van der Waals surface area contributed by atoms with Crippen LogP contribution in [0.15, 0.2) is 48.5 Å². The van der Waals surface area contributed by atoms with Crippen molar-refractivity contribution in [3.8, 4) is 11.1 Å². The minimum atomic E-state index is 0.729. The van der Waals surface area contributed by atoms with Crippen molar-refractivity contribution in [3.05, 3.63) is 65.5 Å². The second-order valence-corrected chi connectivity index (χ2v) is 4.74. The number of aromatic nitrogens is 4. The molecule has 4 heteroatoms. The smallest absolute Gasteiger partial charge is 0.156 e. The number of benzene rings is 2. The molecule has 0 unspecified atom stereocenters. The van der Waals surface area contributed by atoms with Crippen molar-refractivity contribution in [2.45, 2.75) is 13.0 Å². The second-order valence-electron chi connectivity index (χ2n) is 4.74. The third-order valence-corrected chi connectivity index (χ3v) is 3.60. The predicted molar refractivity (Wildman–Crippen MR) is 71.6 cm³/mol. The van der Waals surface area contributed by atoms with Gasteiger partial charge in [0.2, 0.25) is 0 Å². The Kier molecular flexibility index (Phi) is 2.21. The number of hydrogen-bond acceptors (Lipinski definition) is 3. The molecular formula is C15H12N4. The number of tetrazole rings is 1. The number of fused-ring (bicyclic) bond motifs is 4. The van der Waals surface area contributed by atoms with Gasteiger partial charge in [-0.15, -0.1) is 5.10 Å². The molecule has 1 aromatic heterocycles. The van der Waals surface area contributed by atoms with Crippen molar-refractivity contribution < 1.29 is 0 Å². The summed E-state index contributed by atoms with van der Waals surface area (Å²) < 4.78 is 1.88. The summed E-state index contributed by atoms with van der Waals surface area (Å²) in [5, 5.41) is 12.0. The summed E-state index contributed by atoms with van der Waals surface area (Å²) in [4.78, 5) is 0. The van der Waals surface area contributed by atoms with Crippen LogP contribution in [0.1, 0.15) is 17.0 Å². The van der Waals surface area contributed by atoms with Crippen molar-refractivity contribution in [2.75, 3.05) is 0 Å². The van der Waals surface area contributed by atoms with Crippen LogP contribution in [0.2, 0.25) is 0 Å². The molecule has 3 aromatic rings. The number of rotatable bonds is 0. The molecular weight excluding hydrogens is 236 g/mol. The predicted octanol–water partition coefficient (Wildman–Crippen LogP) is 2.29. The van der Waals surface area contributed by atoms with Gasteiger partial charge in [0.15, 0.2) is 5.82 Å². The highest BCUT2D eigenvalue weighted by molar-refractivity contribution is 5.71. The van der Waals surface area contributed by atoms with Gasteiger partial charge in [0, 0.05) is 6.42 Å². The highest BCUT2D eigenvalue weighted by Gasteiger charge is 2.17. The molecule has 0 radical (unpaired) electrons. The average Bonchev–Trinajstić information content (AvgIpc) is 2.85. The van der Waals surface area contributed by atoms with Crippen molar-refractivity contribution in [1.29, 1.82) is 0 Å². The molecule has 1 aliphatic rings. The Morgan fingerprint density at radius 3 is 2.37 bits per heavy atom. The minimum Gasteiger partial charge on any atom is -0.225 e. The minimum absolute atomic E-state index is 0.729. The Balaban J connectivity index is 2.03. The van der Waals surface area contributed by atoms with Crippen molar-refractivity contribution in [3.63, 3.8) is 0 Å². The first-order chi connectivity index (χ1) is 9.42. The molecule has 0 amide bonds. The molecule has 92 valence electrons. The van der Waals surface area contributed by atoms with Crippen LogP contribution in [0.4, 0.5) is 0 Å². The molecule has 0 saturated heterocycles. The fourth-order valence-corrected chi connectivity index (χ4v) is 2.66. The quantitative estimate of drug-likeness (QED) is 0.479. The molecule has 0 bridgehead atoms. The van der Waals surface area contributed by atoms with Crippen LogP contribution in [0.3, 0.4) is 0 Å². The fraction of sp³-hybridized carbons (Fsp3) is 0.133. The third kappa shape index (κ3) is 1.64. The SMILES string of the molecule is c1ccc2c(c1)Cc1nnnn1Cc1ccccc1-2. The molecule has 4 nitrogen and oxygen atoms in total. The molecule has 19 heavy (non-hydrogen) atoms. The first kappa shape index (κ1) is 10.4. The van der Waals surface area contributed by atoms with E-state index < -0.39 is 0 Å². The lowest BCUT2D eigenvalue weighted by Gasteiger charge is -2.17. The average molecular weight is 248 g/mol. The number of hydrogen-bond donors (Lipinski definition) is 0. The van der Waals surface area contributed by atoms with Gasteiger partial charge in [-0.1, -0.05) is 48.5 Å². The van der Waals surface area contributed by atoms with Crippen molar-refractivity contribution in [1.82, 2.24) is 20.2 Å². The third-order valence-electron chi connectivity index (χ3n) is 3.60. The van der Waals surface area contributed by atoms with Crippen molar-refractivity contribution >= 4 is 0 Å². The van der Waals surface area contributed by atoms with E-state index in [4.69, 9.17) is 0 Å². The summed E-state index contributed by atoms with van der Waals surface area (Å²) in [6, 6.07) is 16.9. The van der Waals surface area contributed by atoms with Crippen molar-refractivity contribution in [2.24, 2.45) is 0 Å². The van der Waals surface area contributed by atoms with E-state index in [0.29, 0.717) is 0 Å². The Morgan fingerprint density at radius 2 is 1.53 bits per heavy atom. The van der Waals surface area contributed by atoms with Gasteiger partial charge in [0.25, 0.3) is 0 Å². The van der Waals surface area contributed by atoms with Crippen LogP contribution >= 0.6 is 0 Å². The van der Waals surface area contributed by atoms with Crippen LogP contribution in [0.5, 0.6) is 0 Å². The van der Waals surface area contributed by atoms with Crippen LogP contribution < -0.4 is 0 Å². The van der Waals surface area contributed by atoms with Gasteiger partial charge < -0.3 is 0 Å². The number of nitrogens with zero attached hydrogens (tertiary/aromatic N) is 4. The summed E-state index contributed by atoms with van der Waals surface area (Å²) in [6.45, 7) is 0.729. The van der Waals surface area contributed by atoms with Gasteiger partial charge in [-0.05, 0) is 32.7 Å². The normalized spacial score (nSPS) is 12.8. The Bertz CT molecular complexity index is 683. The van der Waals surface area contributed by atoms with E-state index in [1.165, 1.54) is 22.3 Å². The Labute approximate surface area is 110 Å². The molecule has 0 atom stereocenters. The summed E-state index contributed by atoms with van der Waals surface area (Å²) in [7, 11) is 0. The van der Waals surface area contributed by atoms with Crippen LogP contribution in [0, 0.1) is 0 Å². The lowest BCUT2D eigenvalue weighted by atomic mass is 9.92. The topological polar surface area (TPSA) is 43.6 Å². The summed E-state index contributed by atoms with van der Waals surface area (Å²) in [5.74, 6) is 0.918. The summed E-state index contributed by atoms with van der Waals surface area (Å²) in [6.07, 6.45) is 0.775. The van der Waals surface area contributed by atoms with Crippen LogP contribution in [-0.4, -0.2) is 20.2 Å². The second kappa shape index (κ2) is 4.02. The first-order valence-corrected chi connectivity index (χ1v) is 6.33. The molecule has 2 aromatic carbocycles. The zero-order valence-electron chi connectivity index (χ0n) is 10.3. The molecule has 0 N–H and O–H groups in total. The van der Waals surface area contributed by atoms with Gasteiger partial charge >= 0.3 is 0 Å². The summed E-state index contributed by atoms with van der Waals surface area (Å²) in [5.41, 5.74) is 5.08. The monoisotopic (exact) mass is 248 g/mol. The maximum Gasteiger partial charge on any atom is 0.156 e. The maximum absolute atomic E-state index is 4.13. The fourth-order valence-electron chi connectivity index (χ4n) is 2.66. The van der Waals surface area contributed by atoms with E-state index in [1.54, 1.807) is 0 Å². The van der Waals surface area contributed by atoms with E-state index in [9.17, 15) is 0 Å². The molecule has 0 fully saturated rings. The highest BCUT2D eigenvalue weighted by atomic mass is 15.5. The van der Waals surface area contributed by atoms with Gasteiger partial charge in [0.1, 0.15) is 0 Å². The van der Waals surface area contributed by atoms with E-state index >= 15 is 0 Å². The molecule has 0 spiro atoms. The molecule has 0 aliphatic carbocycles. The zero-order valence-corrected chi connectivity index (χ0v) is 10.3. The molecule has 0 saturated carbocycles.